The van der Waals surface area contributed by atoms with Crippen molar-refractivity contribution in [1.29, 1.82) is 0 Å². The second-order valence-corrected chi connectivity index (χ2v) is 3.64. The van der Waals surface area contributed by atoms with E-state index in [4.69, 9.17) is 0 Å². The zero-order valence-corrected chi connectivity index (χ0v) is 8.74. The fourth-order valence-electron chi connectivity index (χ4n) is 1.63. The summed E-state index contributed by atoms with van der Waals surface area (Å²) in [5.41, 5.74) is 2.86. The first-order valence-corrected chi connectivity index (χ1v) is 4.79. The minimum atomic E-state index is -0.0631. The third-order valence-electron chi connectivity index (χ3n) is 2.20. The van der Waals surface area contributed by atoms with E-state index in [0.717, 1.165) is 11.1 Å². The summed E-state index contributed by atoms with van der Waals surface area (Å²) in [7, 11) is 0. The highest BCUT2D eigenvalue weighted by Crippen LogP contribution is 2.11. The molecule has 0 aliphatic carbocycles. The van der Waals surface area contributed by atoms with Crippen LogP contribution in [0.2, 0.25) is 0 Å². The van der Waals surface area contributed by atoms with Crippen LogP contribution in [0.4, 0.5) is 0 Å². The molecule has 0 radical (unpaired) electrons. The number of carbonyl (C=O) groups is 1. The van der Waals surface area contributed by atoms with Crippen LogP contribution in [-0.4, -0.2) is 15.8 Å². The summed E-state index contributed by atoms with van der Waals surface area (Å²) >= 11 is 0. The van der Waals surface area contributed by atoms with Crippen molar-refractivity contribution in [3.63, 3.8) is 0 Å². The molecular weight excluding hydrogens is 188 g/mol. The molecule has 76 valence electrons. The summed E-state index contributed by atoms with van der Waals surface area (Å²) in [6, 6.07) is 5.79. The van der Waals surface area contributed by atoms with E-state index >= 15 is 0 Å². The maximum absolute atomic E-state index is 11.9. The van der Waals surface area contributed by atoms with Crippen molar-refractivity contribution in [2.24, 2.45) is 0 Å². The third-order valence-corrected chi connectivity index (χ3v) is 2.20. The minimum absolute atomic E-state index is 0.0631. The highest BCUT2D eigenvalue weighted by Gasteiger charge is 2.11. The first-order chi connectivity index (χ1) is 7.16. The zero-order chi connectivity index (χ0) is 10.8. The maximum Gasteiger partial charge on any atom is 0.228 e. The zero-order valence-electron chi connectivity index (χ0n) is 8.74. The molecule has 1 aromatic heterocycles. The average molecular weight is 200 g/mol. The molecule has 0 amide bonds. The van der Waals surface area contributed by atoms with E-state index in [2.05, 4.69) is 9.97 Å². The summed E-state index contributed by atoms with van der Waals surface area (Å²) in [5.74, 6) is 0.326. The molecule has 3 heteroatoms. The molecule has 1 aromatic carbocycles. The second kappa shape index (κ2) is 3.69. The molecule has 1 N–H and O–H groups in total. The highest BCUT2D eigenvalue weighted by atomic mass is 16.1. The lowest BCUT2D eigenvalue weighted by Crippen LogP contribution is -2.04. The fraction of sp³-hybridized carbons (Fsp3) is 0.167. The van der Waals surface area contributed by atoms with Gasteiger partial charge in [-0.2, -0.15) is 0 Å². The van der Waals surface area contributed by atoms with E-state index in [9.17, 15) is 4.79 Å². The summed E-state index contributed by atoms with van der Waals surface area (Å²) < 4.78 is 0. The van der Waals surface area contributed by atoms with Crippen LogP contribution in [0.5, 0.6) is 0 Å². The number of aromatic nitrogens is 2. The Kier molecular flexibility index (Phi) is 2.37. The van der Waals surface area contributed by atoms with Crippen molar-refractivity contribution in [2.75, 3.05) is 0 Å². The number of hydrogen-bond donors (Lipinski definition) is 1. The molecule has 2 aromatic rings. The van der Waals surface area contributed by atoms with Crippen molar-refractivity contribution >= 4 is 5.78 Å². The standard InChI is InChI=1S/C12H12N2O/c1-8-5-9(2)7-10(6-8)11(15)12-13-3-4-14-12/h3-7H,1-2H3,(H,13,14). The number of nitrogens with zero attached hydrogens (tertiary/aromatic N) is 1. The van der Waals surface area contributed by atoms with Crippen LogP contribution in [-0.2, 0) is 0 Å². The summed E-state index contributed by atoms with van der Waals surface area (Å²) in [6.07, 6.45) is 3.23. The number of aromatic amines is 1. The molecule has 0 aliphatic rings. The van der Waals surface area contributed by atoms with Gasteiger partial charge in [-0.15, -0.1) is 0 Å². The minimum Gasteiger partial charge on any atom is -0.342 e. The van der Waals surface area contributed by atoms with Crippen LogP contribution in [0.1, 0.15) is 27.3 Å². The monoisotopic (exact) mass is 200 g/mol. The third kappa shape index (κ3) is 1.96. The van der Waals surface area contributed by atoms with Gasteiger partial charge in [-0.3, -0.25) is 4.79 Å². The Hall–Kier alpha value is -1.90. The van der Waals surface area contributed by atoms with E-state index in [-0.39, 0.29) is 5.78 Å². The number of hydrogen-bond acceptors (Lipinski definition) is 2. The lowest BCUT2D eigenvalue weighted by molar-refractivity contribution is 0.103. The Labute approximate surface area is 88.2 Å². The number of ketones is 1. The van der Waals surface area contributed by atoms with Crippen LogP contribution in [0.3, 0.4) is 0 Å². The van der Waals surface area contributed by atoms with Gasteiger partial charge in [0, 0.05) is 18.0 Å². The van der Waals surface area contributed by atoms with Gasteiger partial charge >= 0.3 is 0 Å². The van der Waals surface area contributed by atoms with Gasteiger partial charge in [-0.05, 0) is 26.0 Å². The SMILES string of the molecule is Cc1cc(C)cc(C(=O)c2ncc[nH]2)c1. The van der Waals surface area contributed by atoms with Crippen molar-refractivity contribution in [1.82, 2.24) is 9.97 Å². The molecule has 2 rings (SSSR count). The van der Waals surface area contributed by atoms with Crippen LogP contribution in [0, 0.1) is 13.8 Å². The molecular formula is C12H12N2O. The molecule has 0 saturated carbocycles. The smallest absolute Gasteiger partial charge is 0.228 e. The number of H-pyrrole nitrogens is 1. The predicted octanol–water partition coefficient (Wildman–Crippen LogP) is 2.26. The van der Waals surface area contributed by atoms with Gasteiger partial charge in [-0.1, -0.05) is 17.2 Å². The molecule has 0 aliphatic heterocycles. The second-order valence-electron chi connectivity index (χ2n) is 3.64. The summed E-state index contributed by atoms with van der Waals surface area (Å²) in [5, 5.41) is 0. The molecule has 0 fully saturated rings. The molecule has 0 spiro atoms. The number of imidazole rings is 1. The predicted molar refractivity (Wildman–Crippen MR) is 57.9 cm³/mol. The van der Waals surface area contributed by atoms with E-state index in [1.165, 1.54) is 0 Å². The lowest BCUT2D eigenvalue weighted by atomic mass is 10.0. The molecule has 1 heterocycles. The molecule has 0 bridgehead atoms. The van der Waals surface area contributed by atoms with Crippen LogP contribution < -0.4 is 0 Å². The fourth-order valence-corrected chi connectivity index (χ4v) is 1.63. The van der Waals surface area contributed by atoms with E-state index < -0.39 is 0 Å². The summed E-state index contributed by atoms with van der Waals surface area (Å²) in [4.78, 5) is 18.7. The number of benzene rings is 1. The summed E-state index contributed by atoms with van der Waals surface area (Å²) in [6.45, 7) is 3.96. The highest BCUT2D eigenvalue weighted by molar-refractivity contribution is 6.06. The average Bonchev–Trinajstić information content (AvgIpc) is 2.67. The topological polar surface area (TPSA) is 45.8 Å². The van der Waals surface area contributed by atoms with E-state index in [1.807, 2.05) is 32.0 Å². The Balaban J connectivity index is 2.42. The normalized spacial score (nSPS) is 10.3. The van der Waals surface area contributed by atoms with Gasteiger partial charge in [0.05, 0.1) is 0 Å². The molecule has 15 heavy (non-hydrogen) atoms. The van der Waals surface area contributed by atoms with Gasteiger partial charge < -0.3 is 4.98 Å². The Bertz CT molecular complexity index is 466. The van der Waals surface area contributed by atoms with Crippen LogP contribution in [0.25, 0.3) is 0 Å². The number of nitrogens with one attached hydrogen (secondary N) is 1. The quantitative estimate of drug-likeness (QED) is 0.756. The lowest BCUT2D eigenvalue weighted by Gasteiger charge is -2.01. The Morgan fingerprint density at radius 1 is 1.20 bits per heavy atom. The Morgan fingerprint density at radius 3 is 2.40 bits per heavy atom. The first-order valence-electron chi connectivity index (χ1n) is 4.79. The largest absolute Gasteiger partial charge is 0.342 e. The number of rotatable bonds is 2. The van der Waals surface area contributed by atoms with Gasteiger partial charge in [0.25, 0.3) is 0 Å². The van der Waals surface area contributed by atoms with E-state index in [1.54, 1.807) is 12.4 Å². The van der Waals surface area contributed by atoms with Gasteiger partial charge in [0.1, 0.15) is 0 Å². The molecule has 0 saturated heterocycles. The Morgan fingerprint density at radius 2 is 1.87 bits per heavy atom. The molecule has 0 unspecified atom stereocenters. The van der Waals surface area contributed by atoms with Gasteiger partial charge in [-0.25, -0.2) is 4.98 Å². The maximum atomic E-state index is 11.9. The molecule has 3 nitrogen and oxygen atoms in total. The van der Waals surface area contributed by atoms with Crippen LogP contribution in [0.15, 0.2) is 30.6 Å². The van der Waals surface area contributed by atoms with E-state index in [0.29, 0.717) is 11.4 Å². The van der Waals surface area contributed by atoms with Crippen molar-refractivity contribution < 1.29 is 4.79 Å². The van der Waals surface area contributed by atoms with Crippen LogP contribution >= 0.6 is 0 Å². The first kappa shape index (κ1) is 9.65. The van der Waals surface area contributed by atoms with Crippen molar-refractivity contribution in [3.05, 3.63) is 53.1 Å². The molecule has 0 atom stereocenters. The van der Waals surface area contributed by atoms with Crippen molar-refractivity contribution in [3.8, 4) is 0 Å². The van der Waals surface area contributed by atoms with Crippen molar-refractivity contribution in [2.45, 2.75) is 13.8 Å². The van der Waals surface area contributed by atoms with Gasteiger partial charge in [0.2, 0.25) is 5.78 Å². The number of aryl methyl sites for hydroxylation is 2. The number of carbonyl (C=O) groups excluding carboxylic acids is 1. The van der Waals surface area contributed by atoms with Gasteiger partial charge in [0.15, 0.2) is 5.82 Å².